The molecule has 0 aliphatic heterocycles. The second kappa shape index (κ2) is 6.10. The van der Waals surface area contributed by atoms with Gasteiger partial charge in [-0.05, 0) is 49.2 Å². The second-order valence-corrected chi connectivity index (χ2v) is 5.48. The van der Waals surface area contributed by atoms with E-state index in [1.807, 2.05) is 0 Å². The molecule has 96 valence electrons. The van der Waals surface area contributed by atoms with Gasteiger partial charge in [0.05, 0.1) is 6.54 Å². The molecule has 0 radical (unpaired) electrons. The summed E-state index contributed by atoms with van der Waals surface area (Å²) in [6, 6.07) is 10.7. The summed E-state index contributed by atoms with van der Waals surface area (Å²) in [6.07, 6.45) is 3.31. The van der Waals surface area contributed by atoms with Gasteiger partial charge >= 0.3 is 0 Å². The molecule has 0 aliphatic rings. The van der Waals surface area contributed by atoms with Crippen molar-refractivity contribution in [1.82, 2.24) is 4.57 Å². The van der Waals surface area contributed by atoms with E-state index in [4.69, 9.17) is 0 Å². The Kier molecular flexibility index (Phi) is 4.48. The summed E-state index contributed by atoms with van der Waals surface area (Å²) in [5, 5.41) is 3.48. The normalized spacial score (nSPS) is 10.6. The minimum atomic E-state index is 0.864. The Bertz CT molecular complexity index is 497. The van der Waals surface area contributed by atoms with Crippen molar-refractivity contribution in [3.05, 3.63) is 52.3 Å². The lowest BCUT2D eigenvalue weighted by atomic mass is 10.2. The van der Waals surface area contributed by atoms with Crippen LogP contribution in [0.3, 0.4) is 0 Å². The lowest BCUT2D eigenvalue weighted by Gasteiger charge is -2.11. The molecule has 0 amide bonds. The molecule has 1 aromatic heterocycles. The van der Waals surface area contributed by atoms with Crippen LogP contribution in [-0.2, 0) is 13.1 Å². The summed E-state index contributed by atoms with van der Waals surface area (Å²) in [4.78, 5) is 0. The van der Waals surface area contributed by atoms with Crippen LogP contribution in [-0.4, -0.2) is 4.57 Å². The number of aryl methyl sites for hydroxylation is 2. The summed E-state index contributed by atoms with van der Waals surface area (Å²) < 4.78 is 3.42. The maximum atomic E-state index is 3.53. The minimum absolute atomic E-state index is 0.864. The van der Waals surface area contributed by atoms with Crippen molar-refractivity contribution >= 4 is 21.6 Å². The van der Waals surface area contributed by atoms with E-state index in [-0.39, 0.29) is 0 Å². The number of hydrogen-bond donors (Lipinski definition) is 1. The van der Waals surface area contributed by atoms with E-state index in [1.165, 1.54) is 11.3 Å². The van der Waals surface area contributed by atoms with E-state index in [1.54, 1.807) is 0 Å². The SMILES string of the molecule is CCCn1cccc1CNc1cc(C)cc(Br)c1. The van der Waals surface area contributed by atoms with E-state index in [9.17, 15) is 0 Å². The molecular formula is C15H19BrN2. The van der Waals surface area contributed by atoms with Crippen molar-refractivity contribution < 1.29 is 0 Å². The van der Waals surface area contributed by atoms with E-state index in [2.05, 4.69) is 76.2 Å². The van der Waals surface area contributed by atoms with Gasteiger partial charge in [-0.2, -0.15) is 0 Å². The first-order valence-electron chi connectivity index (χ1n) is 6.34. The highest BCUT2D eigenvalue weighted by Gasteiger charge is 2.01. The third kappa shape index (κ3) is 3.39. The molecule has 1 heterocycles. The summed E-state index contributed by atoms with van der Waals surface area (Å²) in [5.74, 6) is 0. The monoisotopic (exact) mass is 306 g/mol. The molecule has 0 bridgehead atoms. The zero-order chi connectivity index (χ0) is 13.0. The Morgan fingerprint density at radius 3 is 2.83 bits per heavy atom. The fraction of sp³-hybridized carbons (Fsp3) is 0.333. The number of benzene rings is 1. The smallest absolute Gasteiger partial charge is 0.0553 e. The Morgan fingerprint density at radius 1 is 1.28 bits per heavy atom. The first kappa shape index (κ1) is 13.2. The number of rotatable bonds is 5. The molecule has 0 fully saturated rings. The summed E-state index contributed by atoms with van der Waals surface area (Å²) >= 11 is 3.53. The highest BCUT2D eigenvalue weighted by Crippen LogP contribution is 2.19. The van der Waals surface area contributed by atoms with Crippen LogP contribution >= 0.6 is 15.9 Å². The molecule has 1 N–H and O–H groups in total. The van der Waals surface area contributed by atoms with Crippen molar-refractivity contribution in [3.63, 3.8) is 0 Å². The van der Waals surface area contributed by atoms with Gasteiger partial charge in [0.15, 0.2) is 0 Å². The van der Waals surface area contributed by atoms with Gasteiger partial charge < -0.3 is 9.88 Å². The molecule has 0 saturated carbocycles. The largest absolute Gasteiger partial charge is 0.379 e. The van der Waals surface area contributed by atoms with Gasteiger partial charge in [-0.1, -0.05) is 22.9 Å². The first-order valence-corrected chi connectivity index (χ1v) is 7.13. The first-order chi connectivity index (χ1) is 8.69. The van der Waals surface area contributed by atoms with Crippen LogP contribution in [0.4, 0.5) is 5.69 Å². The predicted octanol–water partition coefficient (Wildman–Crippen LogP) is 4.58. The van der Waals surface area contributed by atoms with Crippen LogP contribution in [0, 0.1) is 6.92 Å². The molecule has 0 aliphatic carbocycles. The van der Waals surface area contributed by atoms with Crippen LogP contribution in [0.5, 0.6) is 0 Å². The van der Waals surface area contributed by atoms with Gasteiger partial charge in [0.2, 0.25) is 0 Å². The van der Waals surface area contributed by atoms with Crippen molar-refractivity contribution in [3.8, 4) is 0 Å². The van der Waals surface area contributed by atoms with Gasteiger partial charge in [-0.15, -0.1) is 0 Å². The topological polar surface area (TPSA) is 17.0 Å². The fourth-order valence-electron chi connectivity index (χ4n) is 2.10. The number of halogens is 1. The third-order valence-corrected chi connectivity index (χ3v) is 3.36. The van der Waals surface area contributed by atoms with E-state index >= 15 is 0 Å². The molecule has 2 aromatic rings. The van der Waals surface area contributed by atoms with Crippen LogP contribution in [0.1, 0.15) is 24.6 Å². The Balaban J connectivity index is 2.04. The molecule has 2 rings (SSSR count). The van der Waals surface area contributed by atoms with Crippen molar-refractivity contribution in [1.29, 1.82) is 0 Å². The Labute approximate surface area is 117 Å². The molecular weight excluding hydrogens is 288 g/mol. The third-order valence-electron chi connectivity index (χ3n) is 2.90. The van der Waals surface area contributed by atoms with Gasteiger partial charge in [-0.25, -0.2) is 0 Å². The van der Waals surface area contributed by atoms with Crippen molar-refractivity contribution in [2.75, 3.05) is 5.32 Å². The van der Waals surface area contributed by atoms with Gasteiger partial charge in [-0.3, -0.25) is 0 Å². The standard InChI is InChI=1S/C15H19BrN2/c1-3-6-18-7-4-5-15(18)11-17-14-9-12(2)8-13(16)10-14/h4-5,7-10,17H,3,6,11H2,1-2H3. The highest BCUT2D eigenvalue weighted by molar-refractivity contribution is 9.10. The fourth-order valence-corrected chi connectivity index (χ4v) is 2.71. The molecule has 3 heteroatoms. The average molecular weight is 307 g/mol. The number of aromatic nitrogens is 1. The Morgan fingerprint density at radius 2 is 2.11 bits per heavy atom. The molecule has 0 saturated heterocycles. The van der Waals surface area contributed by atoms with E-state index in [0.29, 0.717) is 0 Å². The zero-order valence-electron chi connectivity index (χ0n) is 10.9. The number of anilines is 1. The van der Waals surface area contributed by atoms with Gasteiger partial charge in [0.1, 0.15) is 0 Å². The molecule has 0 unspecified atom stereocenters. The average Bonchev–Trinajstić information content (AvgIpc) is 2.73. The summed E-state index contributed by atoms with van der Waals surface area (Å²) in [6.45, 7) is 6.26. The molecule has 1 aromatic carbocycles. The quantitative estimate of drug-likeness (QED) is 0.855. The summed E-state index contributed by atoms with van der Waals surface area (Å²) in [5.41, 5.74) is 3.75. The molecule has 0 atom stereocenters. The van der Waals surface area contributed by atoms with Crippen molar-refractivity contribution in [2.24, 2.45) is 0 Å². The minimum Gasteiger partial charge on any atom is -0.379 e. The number of hydrogen-bond acceptors (Lipinski definition) is 1. The maximum absolute atomic E-state index is 3.53. The molecule has 18 heavy (non-hydrogen) atoms. The van der Waals surface area contributed by atoms with Crippen LogP contribution in [0.15, 0.2) is 41.0 Å². The number of nitrogens with one attached hydrogen (secondary N) is 1. The van der Waals surface area contributed by atoms with Crippen LogP contribution in [0.25, 0.3) is 0 Å². The van der Waals surface area contributed by atoms with E-state index < -0.39 is 0 Å². The Hall–Kier alpha value is -1.22. The maximum Gasteiger partial charge on any atom is 0.0553 e. The highest BCUT2D eigenvalue weighted by atomic mass is 79.9. The molecule has 0 spiro atoms. The molecule has 2 nitrogen and oxygen atoms in total. The second-order valence-electron chi connectivity index (χ2n) is 4.56. The van der Waals surface area contributed by atoms with Gasteiger partial charge in [0, 0.05) is 28.6 Å². The summed E-state index contributed by atoms with van der Waals surface area (Å²) in [7, 11) is 0. The zero-order valence-corrected chi connectivity index (χ0v) is 12.5. The van der Waals surface area contributed by atoms with Gasteiger partial charge in [0.25, 0.3) is 0 Å². The van der Waals surface area contributed by atoms with Crippen LogP contribution in [0.2, 0.25) is 0 Å². The van der Waals surface area contributed by atoms with Crippen molar-refractivity contribution in [2.45, 2.75) is 33.4 Å². The number of nitrogens with zero attached hydrogens (tertiary/aromatic N) is 1. The van der Waals surface area contributed by atoms with E-state index in [0.717, 1.165) is 29.7 Å². The predicted molar refractivity (Wildman–Crippen MR) is 80.9 cm³/mol. The van der Waals surface area contributed by atoms with Crippen LogP contribution < -0.4 is 5.32 Å². The lowest BCUT2D eigenvalue weighted by molar-refractivity contribution is 0.654. The lowest BCUT2D eigenvalue weighted by Crippen LogP contribution is -2.07.